The zero-order valence-corrected chi connectivity index (χ0v) is 9.96. The Balaban J connectivity index is 1.79. The van der Waals surface area contributed by atoms with Crippen molar-refractivity contribution in [2.45, 2.75) is 12.2 Å². The Morgan fingerprint density at radius 3 is 2.53 bits per heavy atom. The molecule has 0 amide bonds. The van der Waals surface area contributed by atoms with E-state index >= 15 is 0 Å². The molecule has 1 aromatic carbocycles. The lowest BCUT2D eigenvalue weighted by Crippen LogP contribution is -2.21. The van der Waals surface area contributed by atoms with Crippen molar-refractivity contribution in [1.82, 2.24) is 5.32 Å². The molecule has 6 heteroatoms. The van der Waals surface area contributed by atoms with Crippen LogP contribution in [0.25, 0.3) is 0 Å². The molecule has 2 atom stereocenters. The van der Waals surface area contributed by atoms with Gasteiger partial charge in [-0.25, -0.2) is 0 Å². The van der Waals surface area contributed by atoms with Gasteiger partial charge >= 0.3 is 6.18 Å². The first-order chi connectivity index (χ1) is 9.00. The largest absolute Gasteiger partial charge is 0.417 e. The summed E-state index contributed by atoms with van der Waals surface area (Å²) in [6, 6.07) is 5.58. The molecule has 0 radical (unpaired) electrons. The number of fused-ring (bicyclic) bond motifs is 1. The van der Waals surface area contributed by atoms with Gasteiger partial charge in [0, 0.05) is 24.8 Å². The van der Waals surface area contributed by atoms with E-state index in [9.17, 15) is 13.2 Å². The second kappa shape index (κ2) is 4.14. The van der Waals surface area contributed by atoms with E-state index in [0.717, 1.165) is 19.2 Å². The maximum Gasteiger partial charge on any atom is 0.417 e. The summed E-state index contributed by atoms with van der Waals surface area (Å²) in [5.41, 5.74) is -0.622. The van der Waals surface area contributed by atoms with Gasteiger partial charge in [0.05, 0.1) is 17.2 Å². The summed E-state index contributed by atoms with van der Waals surface area (Å²) in [6.45, 7) is 1.90. The van der Waals surface area contributed by atoms with Crippen LogP contribution in [-0.2, 0) is 6.18 Å². The number of anilines is 1. The standard InChI is InChI=1S/C13H12F3N3/c14-13(15,16)11-2-1-8(3-7(11)4-17)19-12-9-5-18-6-10(9)12/h1-3,9-10,12,18-19H,5-6H2. The normalized spacial score (nSPS) is 28.6. The van der Waals surface area contributed by atoms with Crippen molar-refractivity contribution in [1.29, 1.82) is 5.26 Å². The molecule has 1 saturated carbocycles. The average molecular weight is 267 g/mol. The minimum absolute atomic E-state index is 0.324. The van der Waals surface area contributed by atoms with Crippen molar-refractivity contribution < 1.29 is 13.2 Å². The molecule has 3 rings (SSSR count). The Morgan fingerprint density at radius 1 is 1.26 bits per heavy atom. The fraction of sp³-hybridized carbons (Fsp3) is 0.462. The zero-order valence-electron chi connectivity index (χ0n) is 9.96. The first-order valence-electron chi connectivity index (χ1n) is 6.09. The lowest BCUT2D eigenvalue weighted by atomic mass is 10.1. The molecule has 100 valence electrons. The van der Waals surface area contributed by atoms with Crippen LogP contribution in [0.1, 0.15) is 11.1 Å². The number of benzene rings is 1. The molecule has 0 bridgehead atoms. The minimum atomic E-state index is -4.48. The molecule has 0 spiro atoms. The van der Waals surface area contributed by atoms with Gasteiger partial charge in [0.25, 0.3) is 0 Å². The van der Waals surface area contributed by atoms with E-state index in [1.54, 1.807) is 6.07 Å². The van der Waals surface area contributed by atoms with Crippen molar-refractivity contribution >= 4 is 5.69 Å². The van der Waals surface area contributed by atoms with E-state index in [-0.39, 0.29) is 5.56 Å². The lowest BCUT2D eigenvalue weighted by molar-refractivity contribution is -0.137. The highest BCUT2D eigenvalue weighted by molar-refractivity contribution is 5.55. The summed E-state index contributed by atoms with van der Waals surface area (Å²) in [4.78, 5) is 0. The maximum absolute atomic E-state index is 12.6. The third-order valence-corrected chi connectivity index (χ3v) is 3.87. The molecule has 1 saturated heterocycles. The number of halogens is 3. The lowest BCUT2D eigenvalue weighted by Gasteiger charge is -2.12. The number of piperidine rings is 1. The van der Waals surface area contributed by atoms with Crippen LogP contribution in [0, 0.1) is 23.2 Å². The number of nitrogens with zero attached hydrogens (tertiary/aromatic N) is 1. The maximum atomic E-state index is 12.6. The van der Waals surface area contributed by atoms with Gasteiger partial charge in [0.1, 0.15) is 0 Å². The van der Waals surface area contributed by atoms with Crippen LogP contribution in [-0.4, -0.2) is 19.1 Å². The molecule has 0 aromatic heterocycles. The minimum Gasteiger partial charge on any atom is -0.382 e. The molecule has 2 unspecified atom stereocenters. The number of alkyl halides is 3. The SMILES string of the molecule is N#Cc1cc(NC2C3CNCC32)ccc1C(F)(F)F. The van der Waals surface area contributed by atoms with Gasteiger partial charge in [-0.2, -0.15) is 18.4 Å². The van der Waals surface area contributed by atoms with Crippen LogP contribution in [0.2, 0.25) is 0 Å². The quantitative estimate of drug-likeness (QED) is 0.863. The van der Waals surface area contributed by atoms with Crippen LogP contribution in [0.5, 0.6) is 0 Å². The fourth-order valence-electron chi connectivity index (χ4n) is 2.80. The van der Waals surface area contributed by atoms with Gasteiger partial charge in [-0.3, -0.25) is 0 Å². The summed E-state index contributed by atoms with van der Waals surface area (Å²) in [5.74, 6) is 1.13. The van der Waals surface area contributed by atoms with Crippen molar-refractivity contribution in [3.63, 3.8) is 0 Å². The van der Waals surface area contributed by atoms with Crippen LogP contribution in [0.15, 0.2) is 18.2 Å². The molecule has 3 nitrogen and oxygen atoms in total. The number of hydrogen-bond acceptors (Lipinski definition) is 3. The molecule has 1 aliphatic carbocycles. The third-order valence-electron chi connectivity index (χ3n) is 3.87. The zero-order chi connectivity index (χ0) is 13.6. The number of nitriles is 1. The molecular formula is C13H12F3N3. The van der Waals surface area contributed by atoms with E-state index in [4.69, 9.17) is 5.26 Å². The average Bonchev–Trinajstić information content (AvgIpc) is 2.81. The number of hydrogen-bond donors (Lipinski definition) is 2. The predicted molar refractivity (Wildman–Crippen MR) is 63.4 cm³/mol. The van der Waals surface area contributed by atoms with Gasteiger partial charge in [-0.15, -0.1) is 0 Å². The molecular weight excluding hydrogens is 255 g/mol. The van der Waals surface area contributed by atoms with Gasteiger partial charge in [-0.1, -0.05) is 0 Å². The van der Waals surface area contributed by atoms with Crippen LogP contribution < -0.4 is 10.6 Å². The first kappa shape index (κ1) is 12.3. The second-order valence-corrected chi connectivity index (χ2v) is 5.03. The Hall–Kier alpha value is -1.74. The van der Waals surface area contributed by atoms with Gasteiger partial charge in [0.15, 0.2) is 0 Å². The summed E-state index contributed by atoms with van der Waals surface area (Å²) >= 11 is 0. The van der Waals surface area contributed by atoms with E-state index < -0.39 is 11.7 Å². The molecule has 1 heterocycles. The van der Waals surface area contributed by atoms with Gasteiger partial charge in [0.2, 0.25) is 0 Å². The van der Waals surface area contributed by atoms with E-state index in [1.807, 2.05) is 0 Å². The topological polar surface area (TPSA) is 47.9 Å². The second-order valence-electron chi connectivity index (χ2n) is 5.03. The molecule has 19 heavy (non-hydrogen) atoms. The Bertz CT molecular complexity index is 537. The van der Waals surface area contributed by atoms with E-state index in [1.165, 1.54) is 12.1 Å². The van der Waals surface area contributed by atoms with Crippen LogP contribution in [0.3, 0.4) is 0 Å². The molecule has 2 N–H and O–H groups in total. The molecule has 1 aliphatic heterocycles. The van der Waals surface area contributed by atoms with Crippen LogP contribution >= 0.6 is 0 Å². The van der Waals surface area contributed by atoms with Crippen molar-refractivity contribution in [3.05, 3.63) is 29.3 Å². The summed E-state index contributed by atoms with van der Waals surface area (Å²) < 4.78 is 37.9. The molecule has 1 aromatic rings. The van der Waals surface area contributed by atoms with Crippen molar-refractivity contribution in [3.8, 4) is 6.07 Å². The van der Waals surface area contributed by atoms with Gasteiger partial charge in [-0.05, 0) is 30.0 Å². The fourth-order valence-corrected chi connectivity index (χ4v) is 2.80. The highest BCUT2D eigenvalue weighted by Crippen LogP contribution is 2.44. The highest BCUT2D eigenvalue weighted by atomic mass is 19.4. The summed E-state index contributed by atoms with van der Waals surface area (Å²) in [7, 11) is 0. The monoisotopic (exact) mass is 267 g/mol. The van der Waals surface area contributed by atoms with Crippen molar-refractivity contribution in [2.75, 3.05) is 18.4 Å². The Morgan fingerprint density at radius 2 is 1.95 bits per heavy atom. The highest BCUT2D eigenvalue weighted by Gasteiger charge is 2.52. The number of nitrogens with one attached hydrogen (secondary N) is 2. The van der Waals surface area contributed by atoms with Crippen LogP contribution in [0.4, 0.5) is 18.9 Å². The third kappa shape index (κ3) is 2.15. The summed E-state index contributed by atoms with van der Waals surface area (Å²) in [6.07, 6.45) is -4.48. The van der Waals surface area contributed by atoms with Crippen molar-refractivity contribution in [2.24, 2.45) is 11.8 Å². The first-order valence-corrected chi connectivity index (χ1v) is 6.09. The smallest absolute Gasteiger partial charge is 0.382 e. The summed E-state index contributed by atoms with van der Waals surface area (Å²) in [5, 5.41) is 15.3. The van der Waals surface area contributed by atoms with E-state index in [0.29, 0.717) is 23.6 Å². The van der Waals surface area contributed by atoms with Gasteiger partial charge < -0.3 is 10.6 Å². The molecule has 2 fully saturated rings. The Labute approximate surface area is 108 Å². The van der Waals surface area contributed by atoms with E-state index in [2.05, 4.69) is 10.6 Å². The number of rotatable bonds is 2. The predicted octanol–water partition coefficient (Wildman–Crippen LogP) is 2.21. The Kier molecular flexibility index (Phi) is 2.68. The molecule has 2 aliphatic rings.